The molecule has 1 fully saturated rings. The lowest BCUT2D eigenvalue weighted by Gasteiger charge is -2.37. The Morgan fingerprint density at radius 3 is 2.74 bits per heavy atom. The van der Waals surface area contributed by atoms with Crippen molar-refractivity contribution in [3.8, 4) is 5.75 Å². The Hall–Kier alpha value is -0.910. The molecular formula is C17H27ClF2IN5O. The van der Waals surface area contributed by atoms with Crippen molar-refractivity contribution in [3.63, 3.8) is 0 Å². The first-order valence-corrected chi connectivity index (χ1v) is 8.83. The number of benzene rings is 1. The van der Waals surface area contributed by atoms with Crippen LogP contribution in [-0.4, -0.2) is 75.7 Å². The summed E-state index contributed by atoms with van der Waals surface area (Å²) in [6.45, 7) is 1.17. The fourth-order valence-electron chi connectivity index (χ4n) is 2.83. The lowest BCUT2D eigenvalue weighted by molar-refractivity contribution is -0.0504. The number of guanidine groups is 1. The van der Waals surface area contributed by atoms with Gasteiger partial charge in [0.05, 0.1) is 0 Å². The molecule has 1 aliphatic rings. The predicted octanol–water partition coefficient (Wildman–Crippen LogP) is 2.47. The van der Waals surface area contributed by atoms with E-state index >= 15 is 0 Å². The van der Waals surface area contributed by atoms with Gasteiger partial charge < -0.3 is 20.3 Å². The third-order valence-corrected chi connectivity index (χ3v) is 4.63. The van der Waals surface area contributed by atoms with E-state index in [1.807, 2.05) is 0 Å². The number of hydrogen-bond donors (Lipinski definition) is 2. The highest BCUT2D eigenvalue weighted by Crippen LogP contribution is 2.24. The van der Waals surface area contributed by atoms with E-state index in [2.05, 4.69) is 44.3 Å². The van der Waals surface area contributed by atoms with Crippen molar-refractivity contribution < 1.29 is 13.5 Å². The van der Waals surface area contributed by atoms with Gasteiger partial charge in [0.1, 0.15) is 5.75 Å². The number of likely N-dealkylation sites (N-methyl/N-ethyl adjacent to an activating group) is 2. The molecule has 1 atom stereocenters. The SMILES string of the molecule is CN=C(NCc1cc(Cl)ccc1OC(F)F)NCC1CN(C)CCN1C.I. The molecule has 1 aliphatic heterocycles. The Bertz CT molecular complexity index is 623. The van der Waals surface area contributed by atoms with Gasteiger partial charge in [-0.2, -0.15) is 8.78 Å². The summed E-state index contributed by atoms with van der Waals surface area (Å²) in [5, 5.41) is 6.86. The van der Waals surface area contributed by atoms with E-state index < -0.39 is 6.61 Å². The summed E-state index contributed by atoms with van der Waals surface area (Å²) in [5.74, 6) is 0.690. The van der Waals surface area contributed by atoms with Crippen molar-refractivity contribution in [2.75, 3.05) is 47.3 Å². The van der Waals surface area contributed by atoms with Gasteiger partial charge in [0.25, 0.3) is 0 Å². The third kappa shape index (κ3) is 7.92. The molecule has 27 heavy (non-hydrogen) atoms. The Labute approximate surface area is 181 Å². The molecule has 2 N–H and O–H groups in total. The minimum Gasteiger partial charge on any atom is -0.434 e. The van der Waals surface area contributed by atoms with Gasteiger partial charge in [-0.15, -0.1) is 24.0 Å². The summed E-state index contributed by atoms with van der Waals surface area (Å²) < 4.78 is 29.6. The van der Waals surface area contributed by atoms with Crippen LogP contribution in [0.2, 0.25) is 5.02 Å². The predicted molar refractivity (Wildman–Crippen MR) is 116 cm³/mol. The smallest absolute Gasteiger partial charge is 0.387 e. The maximum absolute atomic E-state index is 12.5. The van der Waals surface area contributed by atoms with Gasteiger partial charge in [0.2, 0.25) is 0 Å². The molecule has 1 unspecified atom stereocenters. The molecule has 1 aromatic rings. The van der Waals surface area contributed by atoms with Gasteiger partial charge in [0, 0.05) is 56.4 Å². The topological polar surface area (TPSA) is 52.1 Å². The van der Waals surface area contributed by atoms with Crippen molar-refractivity contribution in [1.29, 1.82) is 0 Å². The van der Waals surface area contributed by atoms with Gasteiger partial charge in [-0.05, 0) is 32.3 Å². The number of piperazine rings is 1. The number of halogens is 4. The second kappa shape index (κ2) is 11.8. The maximum atomic E-state index is 12.5. The highest BCUT2D eigenvalue weighted by molar-refractivity contribution is 14.0. The Morgan fingerprint density at radius 1 is 1.33 bits per heavy atom. The molecule has 1 saturated heterocycles. The minimum absolute atomic E-state index is 0. The van der Waals surface area contributed by atoms with Crippen LogP contribution in [0.4, 0.5) is 8.78 Å². The van der Waals surface area contributed by atoms with Gasteiger partial charge in [-0.25, -0.2) is 0 Å². The molecule has 0 aromatic heterocycles. The first-order chi connectivity index (χ1) is 12.4. The number of ether oxygens (including phenoxy) is 1. The second-order valence-corrected chi connectivity index (χ2v) is 6.77. The van der Waals surface area contributed by atoms with Crippen molar-refractivity contribution in [2.24, 2.45) is 4.99 Å². The van der Waals surface area contributed by atoms with E-state index in [9.17, 15) is 8.78 Å². The third-order valence-electron chi connectivity index (χ3n) is 4.39. The zero-order valence-corrected chi connectivity index (χ0v) is 18.8. The Kier molecular flexibility index (Phi) is 10.6. The number of nitrogens with zero attached hydrogens (tertiary/aromatic N) is 3. The molecule has 1 heterocycles. The van der Waals surface area contributed by atoms with Crippen LogP contribution in [0.15, 0.2) is 23.2 Å². The zero-order valence-electron chi connectivity index (χ0n) is 15.7. The average molecular weight is 518 g/mol. The summed E-state index contributed by atoms with van der Waals surface area (Å²) in [7, 11) is 5.88. The van der Waals surface area contributed by atoms with Crippen LogP contribution in [0.5, 0.6) is 5.75 Å². The Balaban J connectivity index is 0.00000364. The van der Waals surface area contributed by atoms with Crippen LogP contribution in [0.1, 0.15) is 5.56 Å². The van der Waals surface area contributed by atoms with Crippen LogP contribution < -0.4 is 15.4 Å². The van der Waals surface area contributed by atoms with E-state index in [1.54, 1.807) is 13.1 Å². The summed E-state index contributed by atoms with van der Waals surface area (Å²) in [4.78, 5) is 8.79. The van der Waals surface area contributed by atoms with E-state index in [-0.39, 0.29) is 36.3 Å². The molecule has 0 bridgehead atoms. The first-order valence-electron chi connectivity index (χ1n) is 8.45. The normalized spacial score (nSPS) is 18.9. The molecule has 1 aromatic carbocycles. The quantitative estimate of drug-likeness (QED) is 0.345. The van der Waals surface area contributed by atoms with Crippen molar-refractivity contribution >= 4 is 41.5 Å². The fourth-order valence-corrected chi connectivity index (χ4v) is 3.03. The summed E-state index contributed by atoms with van der Waals surface area (Å²) in [6, 6.07) is 4.93. The summed E-state index contributed by atoms with van der Waals surface area (Å²) in [5.41, 5.74) is 0.537. The highest BCUT2D eigenvalue weighted by atomic mass is 127. The zero-order chi connectivity index (χ0) is 19.1. The average Bonchev–Trinajstić information content (AvgIpc) is 2.59. The van der Waals surface area contributed by atoms with E-state index in [4.69, 9.17) is 11.6 Å². The van der Waals surface area contributed by atoms with Crippen LogP contribution >= 0.6 is 35.6 Å². The monoisotopic (exact) mass is 517 g/mol. The molecule has 0 saturated carbocycles. The fraction of sp³-hybridized carbons (Fsp3) is 0.588. The van der Waals surface area contributed by atoms with Gasteiger partial charge in [0.15, 0.2) is 5.96 Å². The lowest BCUT2D eigenvalue weighted by Crippen LogP contribution is -2.55. The van der Waals surface area contributed by atoms with Crippen molar-refractivity contribution in [3.05, 3.63) is 28.8 Å². The lowest BCUT2D eigenvalue weighted by atomic mass is 10.2. The van der Waals surface area contributed by atoms with Gasteiger partial charge in [-0.3, -0.25) is 9.89 Å². The Morgan fingerprint density at radius 2 is 2.07 bits per heavy atom. The molecule has 0 aliphatic carbocycles. The maximum Gasteiger partial charge on any atom is 0.387 e. The molecular weight excluding hydrogens is 491 g/mol. The molecule has 2 rings (SSSR count). The van der Waals surface area contributed by atoms with Crippen LogP contribution in [0.3, 0.4) is 0 Å². The number of nitrogens with one attached hydrogen (secondary N) is 2. The highest BCUT2D eigenvalue weighted by Gasteiger charge is 2.22. The molecule has 0 spiro atoms. The van der Waals surface area contributed by atoms with Gasteiger partial charge >= 0.3 is 6.61 Å². The molecule has 0 radical (unpaired) electrons. The first kappa shape index (κ1) is 24.1. The largest absolute Gasteiger partial charge is 0.434 e. The van der Waals surface area contributed by atoms with E-state index in [0.29, 0.717) is 22.6 Å². The number of aliphatic imine (C=N–C) groups is 1. The minimum atomic E-state index is -2.88. The number of hydrogen-bond acceptors (Lipinski definition) is 4. The number of alkyl halides is 2. The molecule has 154 valence electrons. The number of rotatable bonds is 6. The molecule has 6 nitrogen and oxygen atoms in total. The standard InChI is InChI=1S/C17H26ClF2N5O.HI/c1-21-17(23-10-14-11-24(2)6-7-25(14)3)22-9-12-8-13(18)4-5-15(12)26-16(19)20;/h4-5,8,14,16H,6-7,9-11H2,1-3H3,(H2,21,22,23);1H. The van der Waals surface area contributed by atoms with Crippen molar-refractivity contribution in [2.45, 2.75) is 19.2 Å². The van der Waals surface area contributed by atoms with Crippen LogP contribution in [0, 0.1) is 0 Å². The van der Waals surface area contributed by atoms with Crippen molar-refractivity contribution in [1.82, 2.24) is 20.4 Å². The van der Waals surface area contributed by atoms with E-state index in [1.165, 1.54) is 12.1 Å². The molecule has 0 amide bonds. The van der Waals surface area contributed by atoms with Gasteiger partial charge in [-0.1, -0.05) is 11.6 Å². The van der Waals surface area contributed by atoms with Crippen LogP contribution in [0.25, 0.3) is 0 Å². The second-order valence-electron chi connectivity index (χ2n) is 6.33. The summed E-state index contributed by atoms with van der Waals surface area (Å²) in [6.07, 6.45) is 0. The molecule has 10 heteroatoms. The van der Waals surface area contributed by atoms with E-state index in [0.717, 1.165) is 26.2 Å². The summed E-state index contributed by atoms with van der Waals surface area (Å²) >= 11 is 5.97. The van der Waals surface area contributed by atoms with Crippen LogP contribution in [-0.2, 0) is 6.54 Å².